The molecular formula is C14H20N2O. The Morgan fingerprint density at radius 3 is 2.88 bits per heavy atom. The van der Waals surface area contributed by atoms with Gasteiger partial charge in [0.15, 0.2) is 0 Å². The van der Waals surface area contributed by atoms with Crippen LogP contribution < -0.4 is 11.1 Å². The van der Waals surface area contributed by atoms with Gasteiger partial charge in [-0.15, -0.1) is 0 Å². The zero-order valence-corrected chi connectivity index (χ0v) is 10.5. The van der Waals surface area contributed by atoms with Crippen LogP contribution in [-0.4, -0.2) is 11.9 Å². The van der Waals surface area contributed by atoms with Crippen molar-refractivity contribution in [2.75, 3.05) is 0 Å². The quantitative estimate of drug-likeness (QED) is 0.830. The Morgan fingerprint density at radius 1 is 1.53 bits per heavy atom. The molecule has 1 aliphatic rings. The van der Waals surface area contributed by atoms with Crippen molar-refractivity contribution >= 4 is 5.91 Å². The van der Waals surface area contributed by atoms with Crippen molar-refractivity contribution in [3.8, 4) is 0 Å². The fourth-order valence-corrected chi connectivity index (χ4v) is 2.61. The van der Waals surface area contributed by atoms with Gasteiger partial charge in [-0.3, -0.25) is 10.1 Å². The lowest BCUT2D eigenvalue weighted by Crippen LogP contribution is -2.54. The second-order valence-electron chi connectivity index (χ2n) is 4.88. The van der Waals surface area contributed by atoms with Crippen molar-refractivity contribution in [2.24, 2.45) is 5.73 Å². The fourth-order valence-electron chi connectivity index (χ4n) is 2.61. The Bertz CT molecular complexity index is 430. The molecule has 3 heteroatoms. The van der Waals surface area contributed by atoms with Crippen molar-refractivity contribution in [1.82, 2.24) is 5.32 Å². The lowest BCUT2D eigenvalue weighted by atomic mass is 9.89. The number of nitrogens with two attached hydrogens (primary N) is 1. The summed E-state index contributed by atoms with van der Waals surface area (Å²) in [5.74, 6) is -0.261. The molecule has 0 aromatic heterocycles. The van der Waals surface area contributed by atoms with Crippen LogP contribution in [0.4, 0.5) is 0 Å². The van der Waals surface area contributed by atoms with E-state index in [1.807, 2.05) is 18.2 Å². The first-order valence-corrected chi connectivity index (χ1v) is 6.26. The summed E-state index contributed by atoms with van der Waals surface area (Å²) in [6, 6.07) is 8.37. The molecule has 0 aliphatic heterocycles. The Hall–Kier alpha value is -1.35. The van der Waals surface area contributed by atoms with Crippen LogP contribution in [0, 0.1) is 0 Å². The highest BCUT2D eigenvalue weighted by atomic mass is 16.1. The van der Waals surface area contributed by atoms with Crippen LogP contribution in [0.3, 0.4) is 0 Å². The molecule has 2 unspecified atom stereocenters. The molecule has 1 aromatic rings. The number of hydrogen-bond acceptors (Lipinski definition) is 2. The average Bonchev–Trinajstić information content (AvgIpc) is 2.70. The number of nitrogens with one attached hydrogen (secondary N) is 1. The van der Waals surface area contributed by atoms with E-state index in [2.05, 4.69) is 25.2 Å². The molecule has 3 nitrogen and oxygen atoms in total. The van der Waals surface area contributed by atoms with Gasteiger partial charge in [0, 0.05) is 6.04 Å². The van der Waals surface area contributed by atoms with E-state index in [1.54, 1.807) is 0 Å². The fraction of sp³-hybridized carbons (Fsp3) is 0.500. The molecular weight excluding hydrogens is 212 g/mol. The van der Waals surface area contributed by atoms with E-state index in [-0.39, 0.29) is 11.9 Å². The first-order valence-electron chi connectivity index (χ1n) is 6.26. The van der Waals surface area contributed by atoms with Crippen LogP contribution in [-0.2, 0) is 16.8 Å². The lowest BCUT2D eigenvalue weighted by molar-refractivity contribution is -0.125. The topological polar surface area (TPSA) is 55.1 Å². The molecule has 0 fully saturated rings. The van der Waals surface area contributed by atoms with E-state index >= 15 is 0 Å². The summed E-state index contributed by atoms with van der Waals surface area (Å²) in [6.45, 7) is 4.19. The second kappa shape index (κ2) is 4.49. The normalized spacial score (nSPS) is 24.4. The Balaban J connectivity index is 2.41. The molecule has 0 spiro atoms. The van der Waals surface area contributed by atoms with E-state index in [4.69, 9.17) is 5.73 Å². The highest BCUT2D eigenvalue weighted by Crippen LogP contribution is 2.37. The number of hydrogen-bond donors (Lipinski definition) is 2. The number of rotatable bonds is 4. The van der Waals surface area contributed by atoms with Gasteiger partial charge in [-0.1, -0.05) is 31.2 Å². The average molecular weight is 232 g/mol. The molecule has 1 amide bonds. The minimum Gasteiger partial charge on any atom is -0.368 e. The third kappa shape index (κ3) is 1.95. The van der Waals surface area contributed by atoms with Crippen molar-refractivity contribution < 1.29 is 4.79 Å². The van der Waals surface area contributed by atoms with Crippen LogP contribution in [0.2, 0.25) is 0 Å². The van der Waals surface area contributed by atoms with Gasteiger partial charge in [0.25, 0.3) is 0 Å². The third-order valence-electron chi connectivity index (χ3n) is 3.77. The summed E-state index contributed by atoms with van der Waals surface area (Å²) < 4.78 is 0. The maximum atomic E-state index is 11.9. The maximum Gasteiger partial charge on any atom is 0.242 e. The first-order chi connectivity index (χ1) is 8.10. The molecule has 0 saturated carbocycles. The Morgan fingerprint density at radius 2 is 2.24 bits per heavy atom. The molecule has 1 aliphatic carbocycles. The summed E-state index contributed by atoms with van der Waals surface area (Å²) in [7, 11) is 0. The molecule has 0 bridgehead atoms. The smallest absolute Gasteiger partial charge is 0.242 e. The summed E-state index contributed by atoms with van der Waals surface area (Å²) in [6.07, 6.45) is 2.67. The van der Waals surface area contributed by atoms with E-state index in [0.29, 0.717) is 0 Å². The van der Waals surface area contributed by atoms with Crippen molar-refractivity contribution in [1.29, 1.82) is 0 Å². The molecule has 3 N–H and O–H groups in total. The molecule has 92 valence electrons. The number of aryl methyl sites for hydroxylation is 1. The van der Waals surface area contributed by atoms with Crippen molar-refractivity contribution in [3.63, 3.8) is 0 Å². The predicted molar refractivity (Wildman–Crippen MR) is 68.5 cm³/mol. The Kier molecular flexibility index (Phi) is 3.20. The summed E-state index contributed by atoms with van der Waals surface area (Å²) >= 11 is 0. The van der Waals surface area contributed by atoms with Gasteiger partial charge in [0.1, 0.15) is 5.54 Å². The monoisotopic (exact) mass is 232 g/mol. The molecule has 1 aromatic carbocycles. The first kappa shape index (κ1) is 12.1. The van der Waals surface area contributed by atoms with Gasteiger partial charge in [-0.25, -0.2) is 0 Å². The minimum atomic E-state index is -0.661. The zero-order valence-electron chi connectivity index (χ0n) is 10.5. The number of carbonyl (C=O) groups is 1. The molecule has 2 atom stereocenters. The number of amides is 1. The molecule has 0 radical (unpaired) electrons. The maximum absolute atomic E-state index is 11.9. The number of primary amides is 1. The number of benzene rings is 1. The van der Waals surface area contributed by atoms with Gasteiger partial charge >= 0.3 is 0 Å². The summed E-state index contributed by atoms with van der Waals surface area (Å²) in [4.78, 5) is 11.9. The highest BCUT2D eigenvalue weighted by Gasteiger charge is 2.44. The lowest BCUT2D eigenvalue weighted by Gasteiger charge is -2.31. The van der Waals surface area contributed by atoms with Gasteiger partial charge in [-0.2, -0.15) is 0 Å². The third-order valence-corrected chi connectivity index (χ3v) is 3.77. The van der Waals surface area contributed by atoms with Gasteiger partial charge in [-0.05, 0) is 37.3 Å². The molecule has 17 heavy (non-hydrogen) atoms. The second-order valence-corrected chi connectivity index (χ2v) is 4.88. The Labute approximate surface area is 102 Å². The molecule has 2 rings (SSSR count). The SMILES string of the molecule is CCC(C)NC1(C(N)=O)CCc2ccccc21. The van der Waals surface area contributed by atoms with Crippen molar-refractivity contribution in [3.05, 3.63) is 35.4 Å². The molecule has 0 saturated heterocycles. The van der Waals surface area contributed by atoms with E-state index in [9.17, 15) is 4.79 Å². The van der Waals surface area contributed by atoms with Gasteiger partial charge < -0.3 is 5.73 Å². The van der Waals surface area contributed by atoms with Crippen LogP contribution >= 0.6 is 0 Å². The van der Waals surface area contributed by atoms with Crippen LogP contribution in [0.5, 0.6) is 0 Å². The van der Waals surface area contributed by atoms with Crippen LogP contribution in [0.15, 0.2) is 24.3 Å². The van der Waals surface area contributed by atoms with Crippen LogP contribution in [0.1, 0.15) is 37.8 Å². The van der Waals surface area contributed by atoms with Crippen molar-refractivity contribution in [2.45, 2.75) is 44.7 Å². The van der Waals surface area contributed by atoms with E-state index in [0.717, 1.165) is 24.8 Å². The number of carbonyl (C=O) groups excluding carboxylic acids is 1. The van der Waals surface area contributed by atoms with E-state index in [1.165, 1.54) is 5.56 Å². The van der Waals surface area contributed by atoms with Gasteiger partial charge in [0.2, 0.25) is 5.91 Å². The van der Waals surface area contributed by atoms with E-state index < -0.39 is 5.54 Å². The number of fused-ring (bicyclic) bond motifs is 1. The summed E-state index contributed by atoms with van der Waals surface area (Å²) in [5.41, 5.74) is 7.29. The zero-order chi connectivity index (χ0) is 12.5. The largest absolute Gasteiger partial charge is 0.368 e. The summed E-state index contributed by atoms with van der Waals surface area (Å²) in [5, 5.41) is 3.42. The standard InChI is InChI=1S/C14H20N2O/c1-3-10(2)16-14(13(15)17)9-8-11-6-4-5-7-12(11)14/h4-7,10,16H,3,8-9H2,1-2H3,(H2,15,17). The molecule has 0 heterocycles. The van der Waals surface area contributed by atoms with Gasteiger partial charge in [0.05, 0.1) is 0 Å². The van der Waals surface area contributed by atoms with Crippen LogP contribution in [0.25, 0.3) is 0 Å². The predicted octanol–water partition coefficient (Wildman–Crippen LogP) is 1.70. The minimum absolute atomic E-state index is 0.261. The highest BCUT2D eigenvalue weighted by molar-refractivity contribution is 5.87.